The van der Waals surface area contributed by atoms with Crippen LogP contribution < -0.4 is 0 Å². The summed E-state index contributed by atoms with van der Waals surface area (Å²) < 4.78 is 10.6. The van der Waals surface area contributed by atoms with Crippen LogP contribution in [0.2, 0.25) is 0 Å². The summed E-state index contributed by atoms with van der Waals surface area (Å²) in [6, 6.07) is 16.4. The van der Waals surface area contributed by atoms with E-state index < -0.39 is 24.1 Å². The fourth-order valence-corrected chi connectivity index (χ4v) is 4.72. The van der Waals surface area contributed by atoms with Crippen molar-refractivity contribution >= 4 is 11.9 Å². The number of esters is 1. The van der Waals surface area contributed by atoms with Crippen molar-refractivity contribution in [3.05, 3.63) is 65.7 Å². The van der Waals surface area contributed by atoms with Gasteiger partial charge in [0.1, 0.15) is 11.9 Å². The van der Waals surface area contributed by atoms with Crippen molar-refractivity contribution in [2.24, 2.45) is 0 Å². The average molecular weight is 486 g/mol. The lowest BCUT2D eigenvalue weighted by atomic mass is 10.0. The number of hydrogen-bond acceptors (Lipinski definition) is 7. The minimum absolute atomic E-state index is 0.0467. The second-order valence-electron chi connectivity index (χ2n) is 9.05. The first-order valence-electron chi connectivity index (χ1n) is 12.1. The van der Waals surface area contributed by atoms with Crippen molar-refractivity contribution in [2.75, 3.05) is 13.7 Å². The number of carbonyl (C=O) groups is 2. The molecule has 2 fully saturated rings. The van der Waals surface area contributed by atoms with E-state index in [4.69, 9.17) is 19.7 Å². The number of benzene rings is 2. The van der Waals surface area contributed by atoms with Gasteiger partial charge >= 0.3 is 11.9 Å². The Balaban J connectivity index is 0.000000205. The Hall–Kier alpha value is -2.94. The Kier molecular flexibility index (Phi) is 9.65. The molecule has 4 rings (SSSR count). The van der Waals surface area contributed by atoms with Crippen LogP contribution in [0.4, 0.5) is 0 Å². The highest BCUT2D eigenvalue weighted by Crippen LogP contribution is 2.35. The summed E-state index contributed by atoms with van der Waals surface area (Å²) in [6.07, 6.45) is 2.43. The Bertz CT molecular complexity index is 936. The number of ether oxygens (including phenoxy) is 2. The predicted octanol–water partition coefficient (Wildman–Crippen LogP) is 3.31. The number of piperidine rings is 1. The summed E-state index contributed by atoms with van der Waals surface area (Å²) in [5, 5.41) is 27.9. The van der Waals surface area contributed by atoms with Crippen molar-refractivity contribution < 1.29 is 34.4 Å². The number of carboxylic acids is 1. The van der Waals surface area contributed by atoms with E-state index in [0.717, 1.165) is 18.4 Å². The molecule has 3 N–H and O–H groups in total. The number of aliphatic hydroxyl groups excluding tert-OH is 1. The van der Waals surface area contributed by atoms with Crippen LogP contribution in [0.5, 0.6) is 5.75 Å². The maximum atomic E-state index is 12.0. The minimum Gasteiger partial charge on any atom is -0.508 e. The van der Waals surface area contributed by atoms with Gasteiger partial charge < -0.3 is 29.7 Å². The molecule has 0 aromatic heterocycles. The lowest BCUT2D eigenvalue weighted by Crippen LogP contribution is -2.43. The number of aliphatic hydroxyl groups is 1. The second-order valence-corrected chi connectivity index (χ2v) is 9.05. The standard InChI is InChI=1S/C16H21NO3.C11H14O4/c1-17-12-7-8-13(17)10-14(9-12)20-16(19)15(18)11-5-3-2-4-6-11;1-2-15-10(11(13)14)7-8-3-5-9(12)6-4-8/h2-6,12-15,18H,7-10H2,1H3;3-6,10,12H,2,7H2,1H3,(H,13,14)/t12-,13+,14+,15?;. The Morgan fingerprint density at radius 2 is 1.63 bits per heavy atom. The fraction of sp³-hybridized carbons (Fsp3) is 0.481. The molecule has 2 aliphatic rings. The molecule has 0 amide bonds. The number of aromatic hydroxyl groups is 1. The van der Waals surface area contributed by atoms with Crippen LogP contribution in [-0.4, -0.2) is 70.1 Å². The number of nitrogens with zero attached hydrogens (tertiary/aromatic N) is 1. The van der Waals surface area contributed by atoms with Crippen LogP contribution in [0.25, 0.3) is 0 Å². The molecule has 2 unspecified atom stereocenters. The van der Waals surface area contributed by atoms with E-state index in [2.05, 4.69) is 11.9 Å². The summed E-state index contributed by atoms with van der Waals surface area (Å²) in [5.74, 6) is -1.32. The molecule has 0 radical (unpaired) electrons. The number of hydrogen-bond donors (Lipinski definition) is 3. The molecule has 190 valence electrons. The molecule has 2 bridgehead atoms. The third-order valence-electron chi connectivity index (χ3n) is 6.68. The van der Waals surface area contributed by atoms with E-state index in [1.54, 1.807) is 31.2 Å². The van der Waals surface area contributed by atoms with Gasteiger partial charge in [-0.3, -0.25) is 0 Å². The molecule has 8 nitrogen and oxygen atoms in total. The first kappa shape index (κ1) is 26.7. The van der Waals surface area contributed by atoms with Crippen LogP contribution in [0.3, 0.4) is 0 Å². The van der Waals surface area contributed by atoms with Crippen molar-refractivity contribution in [1.82, 2.24) is 4.90 Å². The number of phenolic OH excluding ortho intramolecular Hbond substituents is 1. The number of rotatable bonds is 8. The summed E-state index contributed by atoms with van der Waals surface area (Å²) in [7, 11) is 2.15. The molecule has 2 saturated heterocycles. The molecule has 35 heavy (non-hydrogen) atoms. The van der Waals surface area contributed by atoms with Crippen molar-refractivity contribution in [3.63, 3.8) is 0 Å². The average Bonchev–Trinajstić information content (AvgIpc) is 3.05. The first-order valence-corrected chi connectivity index (χ1v) is 12.1. The van der Waals surface area contributed by atoms with Gasteiger partial charge in [0.2, 0.25) is 0 Å². The van der Waals surface area contributed by atoms with Crippen LogP contribution >= 0.6 is 0 Å². The molecule has 2 aromatic carbocycles. The van der Waals surface area contributed by atoms with Gasteiger partial charge in [-0.05, 0) is 62.9 Å². The number of phenols is 1. The summed E-state index contributed by atoms with van der Waals surface area (Å²) in [6.45, 7) is 2.13. The monoisotopic (exact) mass is 485 g/mol. The molecule has 0 aliphatic carbocycles. The van der Waals surface area contributed by atoms with E-state index in [1.807, 2.05) is 18.2 Å². The van der Waals surface area contributed by atoms with Gasteiger partial charge in [0, 0.05) is 25.1 Å². The normalized spacial score (nSPS) is 23.0. The lowest BCUT2D eigenvalue weighted by molar-refractivity contribution is -0.162. The topological polar surface area (TPSA) is 117 Å². The maximum absolute atomic E-state index is 12.0. The van der Waals surface area contributed by atoms with Gasteiger partial charge in [0.15, 0.2) is 12.2 Å². The summed E-state index contributed by atoms with van der Waals surface area (Å²) in [4.78, 5) is 25.2. The van der Waals surface area contributed by atoms with E-state index in [9.17, 15) is 14.7 Å². The highest BCUT2D eigenvalue weighted by molar-refractivity contribution is 5.76. The second kappa shape index (κ2) is 12.7. The van der Waals surface area contributed by atoms with Crippen molar-refractivity contribution in [1.29, 1.82) is 0 Å². The van der Waals surface area contributed by atoms with Crippen LogP contribution in [0.1, 0.15) is 49.8 Å². The number of fused-ring (bicyclic) bond motifs is 2. The third kappa shape index (κ3) is 7.52. The molecular weight excluding hydrogens is 450 g/mol. The molecule has 5 atom stereocenters. The smallest absolute Gasteiger partial charge is 0.339 e. The highest BCUT2D eigenvalue weighted by atomic mass is 16.6. The predicted molar refractivity (Wildman–Crippen MR) is 130 cm³/mol. The van der Waals surface area contributed by atoms with E-state index in [1.165, 1.54) is 25.0 Å². The van der Waals surface area contributed by atoms with Crippen LogP contribution in [0.15, 0.2) is 54.6 Å². The molecular formula is C27H35NO7. The zero-order chi connectivity index (χ0) is 25.4. The van der Waals surface area contributed by atoms with Gasteiger partial charge in [-0.2, -0.15) is 0 Å². The fourth-order valence-electron chi connectivity index (χ4n) is 4.72. The van der Waals surface area contributed by atoms with Gasteiger partial charge in [0.25, 0.3) is 0 Å². The number of aliphatic carboxylic acids is 1. The van der Waals surface area contributed by atoms with E-state index in [0.29, 0.717) is 30.7 Å². The van der Waals surface area contributed by atoms with E-state index >= 15 is 0 Å². The van der Waals surface area contributed by atoms with Gasteiger partial charge in [-0.15, -0.1) is 0 Å². The molecule has 0 spiro atoms. The van der Waals surface area contributed by atoms with Crippen LogP contribution in [-0.2, 0) is 25.5 Å². The van der Waals surface area contributed by atoms with Gasteiger partial charge in [-0.1, -0.05) is 42.5 Å². The maximum Gasteiger partial charge on any atom is 0.339 e. The molecule has 2 aliphatic heterocycles. The third-order valence-corrected chi connectivity index (χ3v) is 6.68. The Morgan fingerprint density at radius 1 is 1.03 bits per heavy atom. The Labute approximate surface area is 206 Å². The largest absolute Gasteiger partial charge is 0.508 e. The molecule has 2 heterocycles. The molecule has 2 aromatic rings. The summed E-state index contributed by atoms with van der Waals surface area (Å²) >= 11 is 0. The van der Waals surface area contributed by atoms with Gasteiger partial charge in [-0.25, -0.2) is 9.59 Å². The van der Waals surface area contributed by atoms with Crippen LogP contribution in [0, 0.1) is 0 Å². The lowest BCUT2D eigenvalue weighted by Gasteiger charge is -2.36. The number of carboxylic acid groups (broad SMARTS) is 1. The SMILES string of the molecule is CCOC(Cc1ccc(O)cc1)C(=O)O.CN1[C@@H]2CC[C@H]1C[C@@H](OC(=O)C(O)c1ccccc1)C2. The highest BCUT2D eigenvalue weighted by Gasteiger charge is 2.40. The molecule has 8 heteroatoms. The summed E-state index contributed by atoms with van der Waals surface area (Å²) in [5.41, 5.74) is 1.42. The zero-order valence-corrected chi connectivity index (χ0v) is 20.2. The number of carbonyl (C=O) groups excluding carboxylic acids is 1. The molecule has 0 saturated carbocycles. The van der Waals surface area contributed by atoms with Gasteiger partial charge in [0.05, 0.1) is 0 Å². The van der Waals surface area contributed by atoms with Crippen molar-refractivity contribution in [2.45, 2.75) is 69.4 Å². The van der Waals surface area contributed by atoms with E-state index in [-0.39, 0.29) is 11.9 Å². The zero-order valence-electron chi connectivity index (χ0n) is 20.2. The first-order chi connectivity index (χ1) is 16.8. The Morgan fingerprint density at radius 3 is 2.17 bits per heavy atom. The van der Waals surface area contributed by atoms with Crippen molar-refractivity contribution in [3.8, 4) is 5.75 Å². The minimum atomic E-state index is -1.17. The quantitative estimate of drug-likeness (QED) is 0.488.